The van der Waals surface area contributed by atoms with Crippen LogP contribution in [0.15, 0.2) is 4.99 Å². The lowest BCUT2D eigenvalue weighted by Crippen LogP contribution is -2.34. The molecule has 1 aliphatic rings. The van der Waals surface area contributed by atoms with Crippen molar-refractivity contribution in [3.05, 3.63) is 0 Å². The first kappa shape index (κ1) is 21.9. The minimum absolute atomic E-state index is 0. The fourth-order valence-corrected chi connectivity index (χ4v) is 2.89. The van der Waals surface area contributed by atoms with E-state index in [0.29, 0.717) is 11.4 Å². The number of rotatable bonds is 11. The first-order chi connectivity index (χ1) is 10.2. The van der Waals surface area contributed by atoms with E-state index in [2.05, 4.69) is 10.3 Å². The average molecular weight is 427 g/mol. The van der Waals surface area contributed by atoms with Crippen LogP contribution < -0.4 is 11.1 Å². The molecular weight excluding hydrogens is 393 g/mol. The SMILES string of the molecule is CCOCCCNC(N)=NCC1(CCOCC)CCCC1.I. The predicted octanol–water partition coefficient (Wildman–Crippen LogP) is 2.92. The number of aliphatic imine (C=N–C) groups is 1. The van der Waals surface area contributed by atoms with Crippen LogP contribution in [0.3, 0.4) is 0 Å². The van der Waals surface area contributed by atoms with Crippen molar-refractivity contribution in [1.82, 2.24) is 5.32 Å². The van der Waals surface area contributed by atoms with Gasteiger partial charge in [-0.2, -0.15) is 0 Å². The van der Waals surface area contributed by atoms with Gasteiger partial charge in [0.15, 0.2) is 5.96 Å². The van der Waals surface area contributed by atoms with Crippen molar-refractivity contribution < 1.29 is 9.47 Å². The molecule has 22 heavy (non-hydrogen) atoms. The van der Waals surface area contributed by atoms with Gasteiger partial charge in [0.1, 0.15) is 0 Å². The van der Waals surface area contributed by atoms with E-state index in [1.165, 1.54) is 25.7 Å². The Morgan fingerprint density at radius 2 is 1.77 bits per heavy atom. The molecule has 6 heteroatoms. The molecule has 0 aromatic carbocycles. The largest absolute Gasteiger partial charge is 0.382 e. The summed E-state index contributed by atoms with van der Waals surface area (Å²) in [4.78, 5) is 4.56. The van der Waals surface area contributed by atoms with Gasteiger partial charge in [0.2, 0.25) is 0 Å². The van der Waals surface area contributed by atoms with Crippen LogP contribution in [0.1, 0.15) is 52.4 Å². The van der Waals surface area contributed by atoms with E-state index < -0.39 is 0 Å². The second kappa shape index (κ2) is 13.4. The first-order valence-corrected chi connectivity index (χ1v) is 8.42. The maximum absolute atomic E-state index is 5.95. The van der Waals surface area contributed by atoms with Gasteiger partial charge in [0.25, 0.3) is 0 Å². The molecule has 0 aromatic rings. The molecule has 1 fully saturated rings. The fourth-order valence-electron chi connectivity index (χ4n) is 2.89. The number of halogens is 1. The molecular formula is C16H34IN3O2. The predicted molar refractivity (Wildman–Crippen MR) is 103 cm³/mol. The number of hydrogen-bond acceptors (Lipinski definition) is 3. The lowest BCUT2D eigenvalue weighted by molar-refractivity contribution is 0.107. The fraction of sp³-hybridized carbons (Fsp3) is 0.938. The zero-order valence-electron chi connectivity index (χ0n) is 14.2. The molecule has 0 radical (unpaired) electrons. The Morgan fingerprint density at radius 3 is 2.41 bits per heavy atom. The molecule has 0 bridgehead atoms. The van der Waals surface area contributed by atoms with Gasteiger partial charge in [0, 0.05) is 39.5 Å². The number of nitrogens with zero attached hydrogens (tertiary/aromatic N) is 1. The molecule has 0 aromatic heterocycles. The minimum Gasteiger partial charge on any atom is -0.382 e. The van der Waals surface area contributed by atoms with Crippen LogP contribution in [0.4, 0.5) is 0 Å². The summed E-state index contributed by atoms with van der Waals surface area (Å²) in [5.41, 5.74) is 6.26. The van der Waals surface area contributed by atoms with Crippen molar-refractivity contribution in [3.63, 3.8) is 0 Å². The smallest absolute Gasteiger partial charge is 0.188 e. The quantitative estimate of drug-likeness (QED) is 0.230. The molecule has 5 nitrogen and oxygen atoms in total. The van der Waals surface area contributed by atoms with Crippen molar-refractivity contribution in [2.45, 2.75) is 52.4 Å². The number of hydrogen-bond donors (Lipinski definition) is 2. The van der Waals surface area contributed by atoms with Crippen LogP contribution in [0.2, 0.25) is 0 Å². The van der Waals surface area contributed by atoms with Gasteiger partial charge in [-0.15, -0.1) is 24.0 Å². The number of nitrogens with two attached hydrogens (primary N) is 1. The third-order valence-corrected chi connectivity index (χ3v) is 4.21. The normalized spacial score (nSPS) is 17.3. The zero-order valence-corrected chi connectivity index (χ0v) is 16.6. The van der Waals surface area contributed by atoms with Gasteiger partial charge in [-0.25, -0.2) is 0 Å². The van der Waals surface area contributed by atoms with Crippen LogP contribution in [-0.4, -0.2) is 45.5 Å². The molecule has 3 N–H and O–H groups in total. The van der Waals surface area contributed by atoms with Crippen LogP contribution in [0.25, 0.3) is 0 Å². The molecule has 0 spiro atoms. The van der Waals surface area contributed by atoms with Crippen LogP contribution in [-0.2, 0) is 9.47 Å². The Bertz CT molecular complexity index is 295. The topological polar surface area (TPSA) is 68.9 Å². The van der Waals surface area contributed by atoms with Gasteiger partial charge in [-0.05, 0) is 44.9 Å². The Kier molecular flexibility index (Phi) is 13.3. The highest BCUT2D eigenvalue weighted by Gasteiger charge is 2.33. The molecule has 0 saturated heterocycles. The summed E-state index contributed by atoms with van der Waals surface area (Å²) in [5.74, 6) is 0.564. The molecule has 0 amide bonds. The van der Waals surface area contributed by atoms with E-state index in [9.17, 15) is 0 Å². The number of guanidine groups is 1. The molecule has 0 heterocycles. The van der Waals surface area contributed by atoms with Gasteiger partial charge in [-0.3, -0.25) is 4.99 Å². The zero-order chi connectivity index (χ0) is 15.4. The third-order valence-electron chi connectivity index (χ3n) is 4.21. The Hall–Kier alpha value is -0.0800. The van der Waals surface area contributed by atoms with Crippen LogP contribution in [0, 0.1) is 5.41 Å². The number of nitrogens with one attached hydrogen (secondary N) is 1. The average Bonchev–Trinajstić information content (AvgIpc) is 2.95. The molecule has 1 aliphatic carbocycles. The van der Waals surface area contributed by atoms with Crippen molar-refractivity contribution in [1.29, 1.82) is 0 Å². The maximum atomic E-state index is 5.95. The molecule has 0 unspecified atom stereocenters. The Labute approximate surface area is 152 Å². The summed E-state index contributed by atoms with van der Waals surface area (Å²) < 4.78 is 10.8. The Morgan fingerprint density at radius 1 is 1.14 bits per heavy atom. The lowest BCUT2D eigenvalue weighted by atomic mass is 9.83. The third kappa shape index (κ3) is 9.15. The van der Waals surface area contributed by atoms with E-state index in [1.54, 1.807) is 0 Å². The molecule has 132 valence electrons. The van der Waals surface area contributed by atoms with Gasteiger partial charge >= 0.3 is 0 Å². The van der Waals surface area contributed by atoms with E-state index in [4.69, 9.17) is 15.2 Å². The summed E-state index contributed by atoms with van der Waals surface area (Å²) in [7, 11) is 0. The van der Waals surface area contributed by atoms with E-state index in [1.807, 2.05) is 13.8 Å². The molecule has 1 rings (SSSR count). The summed E-state index contributed by atoms with van der Waals surface area (Å²) in [6, 6.07) is 0. The van der Waals surface area contributed by atoms with Crippen LogP contribution >= 0.6 is 24.0 Å². The lowest BCUT2D eigenvalue weighted by Gasteiger charge is -2.27. The maximum Gasteiger partial charge on any atom is 0.188 e. The summed E-state index contributed by atoms with van der Waals surface area (Å²) >= 11 is 0. The van der Waals surface area contributed by atoms with Gasteiger partial charge in [-0.1, -0.05) is 12.8 Å². The van der Waals surface area contributed by atoms with Gasteiger partial charge in [0.05, 0.1) is 0 Å². The van der Waals surface area contributed by atoms with Crippen molar-refractivity contribution >= 4 is 29.9 Å². The monoisotopic (exact) mass is 427 g/mol. The first-order valence-electron chi connectivity index (χ1n) is 8.42. The van der Waals surface area contributed by atoms with Gasteiger partial charge < -0.3 is 20.5 Å². The Balaban J connectivity index is 0.00000441. The van der Waals surface area contributed by atoms with Crippen LogP contribution in [0.5, 0.6) is 0 Å². The summed E-state index contributed by atoms with van der Waals surface area (Å²) in [6.45, 7) is 8.87. The molecule has 1 saturated carbocycles. The molecule has 0 atom stereocenters. The highest BCUT2D eigenvalue weighted by molar-refractivity contribution is 14.0. The minimum atomic E-state index is 0. The van der Waals surface area contributed by atoms with Crippen molar-refractivity contribution in [2.75, 3.05) is 39.5 Å². The number of ether oxygens (including phenoxy) is 2. The second-order valence-corrected chi connectivity index (χ2v) is 5.83. The standard InChI is InChI=1S/C16H33N3O2.HI/c1-3-20-12-7-11-18-15(17)19-14-16(8-5-6-9-16)10-13-21-4-2;/h3-14H2,1-2H3,(H3,17,18,19);1H. The van der Waals surface area contributed by atoms with E-state index in [0.717, 1.165) is 52.4 Å². The van der Waals surface area contributed by atoms with Crippen molar-refractivity contribution in [2.24, 2.45) is 16.1 Å². The molecule has 0 aliphatic heterocycles. The highest BCUT2D eigenvalue weighted by Crippen LogP contribution is 2.41. The summed E-state index contributed by atoms with van der Waals surface area (Å²) in [5, 5.41) is 3.17. The second-order valence-electron chi connectivity index (χ2n) is 5.83. The summed E-state index contributed by atoms with van der Waals surface area (Å²) in [6.07, 6.45) is 7.18. The van der Waals surface area contributed by atoms with E-state index in [-0.39, 0.29) is 24.0 Å². The van der Waals surface area contributed by atoms with E-state index >= 15 is 0 Å². The highest BCUT2D eigenvalue weighted by atomic mass is 127. The van der Waals surface area contributed by atoms with Crippen molar-refractivity contribution in [3.8, 4) is 0 Å².